The molecule has 4 nitrogen and oxygen atoms in total. The van der Waals surface area contributed by atoms with Crippen LogP contribution < -0.4 is 10.1 Å². The fraction of sp³-hybridized carbons (Fsp3) is 0.588. The second kappa shape index (κ2) is 6.06. The molecule has 0 aromatic heterocycles. The van der Waals surface area contributed by atoms with Crippen molar-refractivity contribution in [1.29, 1.82) is 0 Å². The number of ether oxygens (including phenoxy) is 1. The monoisotopic (exact) mass is 288 g/mol. The minimum absolute atomic E-state index is 0.0127. The van der Waals surface area contributed by atoms with Crippen LogP contribution in [0.3, 0.4) is 0 Å². The van der Waals surface area contributed by atoms with E-state index in [0.29, 0.717) is 12.5 Å². The van der Waals surface area contributed by atoms with Gasteiger partial charge in [0.05, 0.1) is 12.6 Å². The maximum atomic E-state index is 12.5. The van der Waals surface area contributed by atoms with Gasteiger partial charge >= 0.3 is 0 Å². The van der Waals surface area contributed by atoms with Gasteiger partial charge in [-0.3, -0.25) is 10.1 Å². The van der Waals surface area contributed by atoms with Crippen molar-refractivity contribution in [2.24, 2.45) is 5.92 Å². The van der Waals surface area contributed by atoms with E-state index in [1.165, 1.54) is 12.8 Å². The summed E-state index contributed by atoms with van der Waals surface area (Å²) in [6.07, 6.45) is 3.37. The standard InChI is InChI=1S/C17H24N2O2/c1-3-15-17(20)19(11-12-5-6-12)16(18-15)13-7-9-14(10-8-13)21-4-2/h7-10,12,15-16,18H,3-6,11H2,1-2H3. The summed E-state index contributed by atoms with van der Waals surface area (Å²) in [5, 5.41) is 3.48. The predicted molar refractivity (Wildman–Crippen MR) is 82.0 cm³/mol. The summed E-state index contributed by atoms with van der Waals surface area (Å²) >= 11 is 0. The molecule has 21 heavy (non-hydrogen) atoms. The average molecular weight is 288 g/mol. The largest absolute Gasteiger partial charge is 0.494 e. The molecule has 0 radical (unpaired) electrons. The normalized spacial score (nSPS) is 25.4. The first-order valence-electron chi connectivity index (χ1n) is 8.02. The molecule has 1 aliphatic carbocycles. The second-order valence-electron chi connectivity index (χ2n) is 5.97. The van der Waals surface area contributed by atoms with E-state index in [1.54, 1.807) is 0 Å². The Morgan fingerprint density at radius 3 is 2.52 bits per heavy atom. The second-order valence-corrected chi connectivity index (χ2v) is 5.97. The lowest BCUT2D eigenvalue weighted by molar-refractivity contribution is -0.130. The Kier molecular flexibility index (Phi) is 4.15. The quantitative estimate of drug-likeness (QED) is 0.875. The Morgan fingerprint density at radius 1 is 1.24 bits per heavy atom. The van der Waals surface area contributed by atoms with Crippen molar-refractivity contribution in [1.82, 2.24) is 10.2 Å². The Morgan fingerprint density at radius 2 is 1.95 bits per heavy atom. The highest BCUT2D eigenvalue weighted by molar-refractivity contribution is 5.84. The molecule has 1 heterocycles. The fourth-order valence-electron chi connectivity index (χ4n) is 2.93. The number of nitrogens with one attached hydrogen (secondary N) is 1. The van der Waals surface area contributed by atoms with E-state index in [-0.39, 0.29) is 18.1 Å². The molecule has 0 spiro atoms. The number of rotatable bonds is 6. The summed E-state index contributed by atoms with van der Waals surface area (Å²) in [6.45, 7) is 5.60. The Hall–Kier alpha value is -1.55. The van der Waals surface area contributed by atoms with Crippen LogP contribution in [0.4, 0.5) is 0 Å². The van der Waals surface area contributed by atoms with Crippen molar-refractivity contribution in [2.75, 3.05) is 13.2 Å². The molecule has 2 fully saturated rings. The maximum absolute atomic E-state index is 12.5. The van der Waals surface area contributed by atoms with Gasteiger partial charge in [0.2, 0.25) is 5.91 Å². The summed E-state index contributed by atoms with van der Waals surface area (Å²) in [7, 11) is 0. The number of benzene rings is 1. The van der Waals surface area contributed by atoms with Crippen LogP contribution in [0.1, 0.15) is 44.8 Å². The topological polar surface area (TPSA) is 41.6 Å². The van der Waals surface area contributed by atoms with E-state index in [1.807, 2.05) is 24.0 Å². The zero-order valence-electron chi connectivity index (χ0n) is 12.8. The van der Waals surface area contributed by atoms with Gasteiger partial charge in [0.25, 0.3) is 0 Å². The molecule has 0 bridgehead atoms. The van der Waals surface area contributed by atoms with Crippen LogP contribution in [0.5, 0.6) is 5.75 Å². The van der Waals surface area contributed by atoms with Crippen molar-refractivity contribution < 1.29 is 9.53 Å². The lowest BCUT2D eigenvalue weighted by atomic mass is 10.1. The lowest BCUT2D eigenvalue weighted by Gasteiger charge is -2.24. The number of carbonyl (C=O) groups excluding carboxylic acids is 1. The molecule has 3 rings (SSSR count). The van der Waals surface area contributed by atoms with E-state index < -0.39 is 0 Å². The molecule has 4 heteroatoms. The molecule has 1 aromatic rings. The SMILES string of the molecule is CCOc1ccc(C2NC(CC)C(=O)N2CC2CC2)cc1. The van der Waals surface area contributed by atoms with Crippen molar-refractivity contribution in [3.8, 4) is 5.75 Å². The average Bonchev–Trinajstić information content (AvgIpc) is 3.26. The highest BCUT2D eigenvalue weighted by Gasteiger charge is 2.40. The van der Waals surface area contributed by atoms with Gasteiger partial charge < -0.3 is 9.64 Å². The molecule has 1 aromatic carbocycles. The van der Waals surface area contributed by atoms with E-state index >= 15 is 0 Å². The number of hydrogen-bond acceptors (Lipinski definition) is 3. The molecule has 2 atom stereocenters. The van der Waals surface area contributed by atoms with E-state index in [9.17, 15) is 4.79 Å². The summed E-state index contributed by atoms with van der Waals surface area (Å²) in [5.74, 6) is 1.84. The van der Waals surface area contributed by atoms with Gasteiger partial charge in [0, 0.05) is 6.54 Å². The first-order chi connectivity index (χ1) is 10.2. The van der Waals surface area contributed by atoms with E-state index in [2.05, 4.69) is 24.4 Å². The molecular formula is C17H24N2O2. The van der Waals surface area contributed by atoms with Crippen molar-refractivity contribution >= 4 is 5.91 Å². The lowest BCUT2D eigenvalue weighted by Crippen LogP contribution is -2.32. The zero-order chi connectivity index (χ0) is 14.8. The Balaban J connectivity index is 1.78. The van der Waals surface area contributed by atoms with Crippen LogP contribution in [0.15, 0.2) is 24.3 Å². The molecule has 114 valence electrons. The van der Waals surface area contributed by atoms with Gasteiger partial charge in [0.1, 0.15) is 11.9 Å². The zero-order valence-corrected chi connectivity index (χ0v) is 12.8. The summed E-state index contributed by atoms with van der Waals surface area (Å²) < 4.78 is 5.49. The number of nitrogens with zero attached hydrogens (tertiary/aromatic N) is 1. The molecule has 2 aliphatic rings. The fourth-order valence-corrected chi connectivity index (χ4v) is 2.93. The van der Waals surface area contributed by atoms with E-state index in [4.69, 9.17) is 4.74 Å². The summed E-state index contributed by atoms with van der Waals surface area (Å²) in [4.78, 5) is 14.5. The van der Waals surface area contributed by atoms with Crippen molar-refractivity contribution in [3.05, 3.63) is 29.8 Å². The third-order valence-corrected chi connectivity index (χ3v) is 4.32. The number of carbonyl (C=O) groups is 1. The van der Waals surface area contributed by atoms with Gasteiger partial charge in [-0.05, 0) is 49.8 Å². The number of hydrogen-bond donors (Lipinski definition) is 1. The number of amides is 1. The van der Waals surface area contributed by atoms with Gasteiger partial charge in [-0.25, -0.2) is 0 Å². The van der Waals surface area contributed by atoms with Gasteiger partial charge in [-0.15, -0.1) is 0 Å². The van der Waals surface area contributed by atoms with Crippen molar-refractivity contribution in [3.63, 3.8) is 0 Å². The highest BCUT2D eigenvalue weighted by atomic mass is 16.5. The molecule has 1 aliphatic heterocycles. The molecular weight excluding hydrogens is 264 g/mol. The minimum atomic E-state index is -0.0414. The molecule has 1 N–H and O–H groups in total. The van der Waals surface area contributed by atoms with Crippen molar-refractivity contribution in [2.45, 2.75) is 45.3 Å². The molecule has 1 saturated carbocycles. The first kappa shape index (κ1) is 14.4. The molecule has 1 saturated heterocycles. The first-order valence-corrected chi connectivity index (χ1v) is 8.02. The van der Waals surface area contributed by atoms with Crippen LogP contribution in [0, 0.1) is 5.92 Å². The third kappa shape index (κ3) is 3.05. The smallest absolute Gasteiger partial charge is 0.241 e. The van der Waals surface area contributed by atoms with Gasteiger partial charge in [0.15, 0.2) is 0 Å². The van der Waals surface area contributed by atoms with E-state index in [0.717, 1.165) is 24.3 Å². The van der Waals surface area contributed by atoms with Gasteiger partial charge in [-0.2, -0.15) is 0 Å². The third-order valence-electron chi connectivity index (χ3n) is 4.32. The summed E-state index contributed by atoms with van der Waals surface area (Å²) in [5.41, 5.74) is 1.14. The predicted octanol–water partition coefficient (Wildman–Crippen LogP) is 2.70. The van der Waals surface area contributed by atoms with Crippen LogP contribution in [-0.2, 0) is 4.79 Å². The van der Waals surface area contributed by atoms with Crippen LogP contribution in [0.2, 0.25) is 0 Å². The Bertz CT molecular complexity index is 496. The van der Waals surface area contributed by atoms with Crippen LogP contribution in [0.25, 0.3) is 0 Å². The van der Waals surface area contributed by atoms with Gasteiger partial charge in [-0.1, -0.05) is 19.1 Å². The summed E-state index contributed by atoms with van der Waals surface area (Å²) in [6, 6.07) is 8.06. The Labute approximate surface area is 126 Å². The van der Waals surface area contributed by atoms with Crippen LogP contribution in [-0.4, -0.2) is 30.0 Å². The minimum Gasteiger partial charge on any atom is -0.494 e. The maximum Gasteiger partial charge on any atom is 0.241 e. The molecule has 2 unspecified atom stereocenters. The molecule has 1 amide bonds. The van der Waals surface area contributed by atoms with Crippen LogP contribution >= 0.6 is 0 Å². The highest BCUT2D eigenvalue weighted by Crippen LogP contribution is 2.35.